The van der Waals surface area contributed by atoms with Crippen LogP contribution in [0.1, 0.15) is 71.4 Å². The minimum atomic E-state index is 0.136. The van der Waals surface area contributed by atoms with Crippen molar-refractivity contribution in [3.63, 3.8) is 0 Å². The van der Waals surface area contributed by atoms with Gasteiger partial charge in [0.25, 0.3) is 0 Å². The van der Waals surface area contributed by atoms with Crippen LogP contribution >= 0.6 is 0 Å². The van der Waals surface area contributed by atoms with Gasteiger partial charge in [-0.25, -0.2) is 0 Å². The normalized spacial score (nSPS) is 23.2. The van der Waals surface area contributed by atoms with Crippen molar-refractivity contribution in [1.29, 1.82) is 0 Å². The average molecular weight is 371 g/mol. The highest BCUT2D eigenvalue weighted by Crippen LogP contribution is 2.55. The molecule has 28 heavy (non-hydrogen) atoms. The first-order valence-electron chi connectivity index (χ1n) is 11.2. The molecule has 0 saturated carbocycles. The maximum Gasteiger partial charge on any atom is 0.0146 e. The summed E-state index contributed by atoms with van der Waals surface area (Å²) < 4.78 is 0. The molecule has 146 valence electrons. The average Bonchev–Trinajstić information content (AvgIpc) is 3.33. The monoisotopic (exact) mass is 370 g/mol. The first-order valence-corrected chi connectivity index (χ1v) is 11.2. The summed E-state index contributed by atoms with van der Waals surface area (Å²) >= 11 is 0. The van der Waals surface area contributed by atoms with Gasteiger partial charge in [-0.2, -0.15) is 0 Å². The summed E-state index contributed by atoms with van der Waals surface area (Å²) in [5, 5.41) is 2.96. The van der Waals surface area contributed by atoms with Crippen LogP contribution < -0.4 is 10.4 Å². The molecule has 0 radical (unpaired) electrons. The molecule has 1 aromatic rings. The van der Waals surface area contributed by atoms with Gasteiger partial charge in [-0.15, -0.1) is 0 Å². The summed E-state index contributed by atoms with van der Waals surface area (Å²) in [6.45, 7) is 14.1. The second-order valence-electron chi connectivity index (χ2n) is 8.72. The van der Waals surface area contributed by atoms with Gasteiger partial charge in [-0.05, 0) is 89.0 Å². The molecule has 1 aromatic carbocycles. The first kappa shape index (κ1) is 19.2. The number of hydrogen-bond acceptors (Lipinski definition) is 0. The predicted molar refractivity (Wildman–Crippen MR) is 123 cm³/mol. The van der Waals surface area contributed by atoms with Gasteiger partial charge in [0, 0.05) is 5.41 Å². The Labute approximate surface area is 170 Å². The van der Waals surface area contributed by atoms with E-state index in [0.717, 1.165) is 32.1 Å². The molecule has 0 saturated heterocycles. The van der Waals surface area contributed by atoms with Crippen molar-refractivity contribution in [2.24, 2.45) is 5.41 Å². The standard InChI is InChI=1S/C28H34/c1-7-19-15-18(5)16-21-17-23-26(25(19)21)22(8-2)24(9-3)28(6,10-4)27(23)20-13-11-12-14-20/h11-13,15-17H,7-10,14H2,1-6H3. The molecule has 0 fully saturated rings. The van der Waals surface area contributed by atoms with Gasteiger partial charge in [0.15, 0.2) is 0 Å². The molecule has 1 unspecified atom stereocenters. The van der Waals surface area contributed by atoms with Crippen LogP contribution in [0.3, 0.4) is 0 Å². The quantitative estimate of drug-likeness (QED) is 0.576. The Morgan fingerprint density at radius 2 is 1.79 bits per heavy atom. The van der Waals surface area contributed by atoms with E-state index in [1.807, 2.05) is 0 Å². The molecule has 0 bridgehead atoms. The Balaban J connectivity index is 2.20. The Hall–Kier alpha value is -2.08. The molecule has 4 rings (SSSR count). The molecule has 0 heterocycles. The van der Waals surface area contributed by atoms with E-state index in [1.54, 1.807) is 22.3 Å². The zero-order valence-electron chi connectivity index (χ0n) is 18.5. The van der Waals surface area contributed by atoms with Crippen molar-refractivity contribution in [2.45, 2.75) is 73.6 Å². The Kier molecular flexibility index (Phi) is 4.86. The van der Waals surface area contributed by atoms with E-state index in [0.29, 0.717) is 0 Å². The van der Waals surface area contributed by atoms with E-state index >= 15 is 0 Å². The van der Waals surface area contributed by atoms with Gasteiger partial charge in [0.1, 0.15) is 0 Å². The fourth-order valence-corrected chi connectivity index (χ4v) is 5.94. The van der Waals surface area contributed by atoms with Crippen molar-refractivity contribution in [3.05, 3.63) is 79.8 Å². The van der Waals surface area contributed by atoms with E-state index < -0.39 is 0 Å². The van der Waals surface area contributed by atoms with Crippen LogP contribution in [0.5, 0.6) is 0 Å². The number of hydrogen-bond donors (Lipinski definition) is 0. The molecule has 0 heteroatoms. The Bertz CT molecular complexity index is 1080. The molecule has 3 aliphatic carbocycles. The van der Waals surface area contributed by atoms with Crippen LogP contribution in [0, 0.1) is 12.3 Å². The minimum Gasteiger partial charge on any atom is -0.0801 e. The van der Waals surface area contributed by atoms with Crippen LogP contribution in [0.2, 0.25) is 0 Å². The van der Waals surface area contributed by atoms with Crippen LogP contribution in [0.15, 0.2) is 58.2 Å². The van der Waals surface area contributed by atoms with Gasteiger partial charge in [0.05, 0.1) is 0 Å². The first-order chi connectivity index (χ1) is 13.5. The van der Waals surface area contributed by atoms with E-state index in [9.17, 15) is 0 Å². The van der Waals surface area contributed by atoms with E-state index in [-0.39, 0.29) is 5.41 Å². The highest BCUT2D eigenvalue weighted by Gasteiger charge is 2.41. The number of fused-ring (bicyclic) bond motifs is 2. The van der Waals surface area contributed by atoms with Crippen LogP contribution in [-0.2, 0) is 6.42 Å². The number of allylic oxidation sites excluding steroid dienone is 8. The highest BCUT2D eigenvalue weighted by atomic mass is 14.4. The molecule has 0 spiro atoms. The summed E-state index contributed by atoms with van der Waals surface area (Å²) in [5.41, 5.74) is 12.5. The van der Waals surface area contributed by atoms with Crippen molar-refractivity contribution >= 4 is 11.6 Å². The number of aryl methyl sites for hydroxylation is 2. The second-order valence-corrected chi connectivity index (χ2v) is 8.72. The van der Waals surface area contributed by atoms with Crippen molar-refractivity contribution in [3.8, 4) is 0 Å². The molecule has 3 aliphatic rings. The molecule has 0 N–H and O–H groups in total. The van der Waals surface area contributed by atoms with Gasteiger partial charge < -0.3 is 0 Å². The summed E-state index contributed by atoms with van der Waals surface area (Å²) in [5.74, 6) is 0. The molecule has 0 amide bonds. The Morgan fingerprint density at radius 3 is 2.36 bits per heavy atom. The van der Waals surface area contributed by atoms with E-state index in [2.05, 4.69) is 78.0 Å². The summed E-state index contributed by atoms with van der Waals surface area (Å²) in [6.07, 6.45) is 15.0. The minimum absolute atomic E-state index is 0.136. The SMILES string of the molecule is CCC1=C(CC)C(C)(CC)C(C2=CC=CC2)=C2C=c3cc(C)cc(CC)c3=C21. The third-order valence-corrected chi connectivity index (χ3v) is 7.25. The highest BCUT2D eigenvalue weighted by molar-refractivity contribution is 5.96. The topological polar surface area (TPSA) is 0 Å². The second kappa shape index (κ2) is 7.07. The zero-order chi connectivity index (χ0) is 20.1. The van der Waals surface area contributed by atoms with Crippen LogP contribution in [0.25, 0.3) is 11.6 Å². The van der Waals surface area contributed by atoms with Gasteiger partial charge >= 0.3 is 0 Å². The molecule has 1 atom stereocenters. The maximum absolute atomic E-state index is 2.52. The van der Waals surface area contributed by atoms with Crippen molar-refractivity contribution in [1.82, 2.24) is 0 Å². The lowest BCUT2D eigenvalue weighted by Gasteiger charge is -2.42. The smallest absolute Gasteiger partial charge is 0.0146 e. The van der Waals surface area contributed by atoms with Crippen LogP contribution in [-0.4, -0.2) is 0 Å². The fourth-order valence-electron chi connectivity index (χ4n) is 5.94. The van der Waals surface area contributed by atoms with Gasteiger partial charge in [-0.1, -0.05) is 76.1 Å². The summed E-state index contributed by atoms with van der Waals surface area (Å²) in [6, 6.07) is 4.80. The maximum atomic E-state index is 2.52. The molecular formula is C28H34. The molecule has 0 nitrogen and oxygen atoms in total. The third kappa shape index (κ3) is 2.57. The number of benzene rings is 1. The third-order valence-electron chi connectivity index (χ3n) is 7.25. The lowest BCUT2D eigenvalue weighted by Crippen LogP contribution is -2.32. The molecule has 0 aliphatic heterocycles. The lowest BCUT2D eigenvalue weighted by molar-refractivity contribution is 0.442. The lowest BCUT2D eigenvalue weighted by atomic mass is 9.61. The number of rotatable bonds is 5. The van der Waals surface area contributed by atoms with Crippen LogP contribution in [0.4, 0.5) is 0 Å². The summed E-state index contributed by atoms with van der Waals surface area (Å²) in [7, 11) is 0. The fraction of sp³-hybridized carbons (Fsp3) is 0.429. The predicted octanol–water partition coefficient (Wildman–Crippen LogP) is 6.23. The van der Waals surface area contributed by atoms with E-state index in [4.69, 9.17) is 0 Å². The Morgan fingerprint density at radius 1 is 1.00 bits per heavy atom. The van der Waals surface area contributed by atoms with Gasteiger partial charge in [0.2, 0.25) is 0 Å². The summed E-state index contributed by atoms with van der Waals surface area (Å²) in [4.78, 5) is 0. The van der Waals surface area contributed by atoms with E-state index in [1.165, 1.54) is 32.7 Å². The van der Waals surface area contributed by atoms with Crippen molar-refractivity contribution < 1.29 is 0 Å². The zero-order valence-corrected chi connectivity index (χ0v) is 18.5. The van der Waals surface area contributed by atoms with Crippen molar-refractivity contribution in [2.75, 3.05) is 0 Å². The molecular weight excluding hydrogens is 336 g/mol. The molecule has 0 aromatic heterocycles. The largest absolute Gasteiger partial charge is 0.0801 e. The van der Waals surface area contributed by atoms with Gasteiger partial charge in [-0.3, -0.25) is 0 Å².